The van der Waals surface area contributed by atoms with E-state index in [0.717, 1.165) is 54.4 Å². The minimum Gasteiger partial charge on any atom is -0.496 e. The number of carbonyl (C=O) groups excluding carboxylic acids is 1. The van der Waals surface area contributed by atoms with Crippen LogP contribution in [0.1, 0.15) is 64.8 Å². The fourth-order valence-corrected chi connectivity index (χ4v) is 6.60. The molecular weight excluding hydrogens is 399 g/mol. The number of ether oxygens (including phenoxy) is 2. The molecule has 4 fully saturated rings. The Morgan fingerprint density at radius 2 is 1.65 bits per heavy atom. The van der Waals surface area contributed by atoms with Gasteiger partial charge >= 0.3 is 11.9 Å². The van der Waals surface area contributed by atoms with E-state index in [2.05, 4.69) is 0 Å². The molecule has 0 atom stereocenters. The van der Waals surface area contributed by atoms with E-state index in [1.165, 1.54) is 31.4 Å². The summed E-state index contributed by atoms with van der Waals surface area (Å²) in [5, 5.41) is 9.09. The highest BCUT2D eigenvalue weighted by atomic mass is 19.1. The lowest BCUT2D eigenvalue weighted by Gasteiger charge is -2.57. The van der Waals surface area contributed by atoms with Crippen LogP contribution in [0.4, 0.5) is 4.39 Å². The Bertz CT molecular complexity index is 1020. The van der Waals surface area contributed by atoms with E-state index in [1.54, 1.807) is 19.2 Å². The zero-order valence-electron chi connectivity index (χ0n) is 17.4. The summed E-state index contributed by atoms with van der Waals surface area (Å²) in [6.07, 6.45) is 7.27. The summed E-state index contributed by atoms with van der Waals surface area (Å²) in [4.78, 5) is 24.0. The Morgan fingerprint density at radius 1 is 1.00 bits per heavy atom. The highest BCUT2D eigenvalue weighted by molar-refractivity contribution is 5.92. The predicted octanol–water partition coefficient (Wildman–Crippen LogP) is 5.22. The van der Waals surface area contributed by atoms with Gasteiger partial charge in [0, 0.05) is 5.56 Å². The van der Waals surface area contributed by atoms with Crippen LogP contribution < -0.4 is 9.47 Å². The molecule has 0 aromatic heterocycles. The maximum atomic E-state index is 14.4. The molecule has 4 aliphatic rings. The topological polar surface area (TPSA) is 72.8 Å². The van der Waals surface area contributed by atoms with E-state index in [4.69, 9.17) is 14.6 Å². The van der Waals surface area contributed by atoms with Crippen molar-refractivity contribution in [2.75, 3.05) is 7.11 Å². The summed E-state index contributed by atoms with van der Waals surface area (Å²) in [7, 11) is 1.64. The number of carboxylic acids is 1. The van der Waals surface area contributed by atoms with Gasteiger partial charge in [-0.25, -0.2) is 14.0 Å². The number of halogens is 1. The first-order valence-corrected chi connectivity index (χ1v) is 10.8. The first-order valence-electron chi connectivity index (χ1n) is 10.8. The van der Waals surface area contributed by atoms with Gasteiger partial charge in [-0.3, -0.25) is 0 Å². The van der Waals surface area contributed by atoms with Gasteiger partial charge in [0.25, 0.3) is 0 Å². The van der Waals surface area contributed by atoms with Crippen LogP contribution in [0.5, 0.6) is 11.5 Å². The minimum absolute atomic E-state index is 0.0187. The van der Waals surface area contributed by atoms with E-state index < -0.39 is 29.1 Å². The molecule has 0 spiro atoms. The first kappa shape index (κ1) is 20.0. The number of hydrogen-bond donors (Lipinski definition) is 1. The fraction of sp³-hybridized carbons (Fsp3) is 0.440. The molecule has 1 N–H and O–H groups in total. The van der Waals surface area contributed by atoms with Gasteiger partial charge in [-0.15, -0.1) is 0 Å². The van der Waals surface area contributed by atoms with Gasteiger partial charge in [0.2, 0.25) is 0 Å². The van der Waals surface area contributed by atoms with Crippen molar-refractivity contribution in [3.63, 3.8) is 0 Å². The summed E-state index contributed by atoms with van der Waals surface area (Å²) in [6, 6.07) is 8.98. The smallest absolute Gasteiger partial charge is 0.343 e. The summed E-state index contributed by atoms with van der Waals surface area (Å²) < 4.78 is 25.3. The number of esters is 1. The molecule has 2 aromatic carbocycles. The largest absolute Gasteiger partial charge is 0.496 e. The van der Waals surface area contributed by atoms with Crippen LogP contribution in [0.15, 0.2) is 36.4 Å². The Kier molecular flexibility index (Phi) is 4.76. The number of hydrogen-bond acceptors (Lipinski definition) is 4. The highest BCUT2D eigenvalue weighted by Crippen LogP contribution is 2.61. The normalized spacial score (nSPS) is 28.4. The lowest BCUT2D eigenvalue weighted by atomic mass is 9.48. The van der Waals surface area contributed by atoms with Crippen molar-refractivity contribution in [3.05, 3.63) is 58.9 Å². The summed E-state index contributed by atoms with van der Waals surface area (Å²) in [5.74, 6) is -0.593. The summed E-state index contributed by atoms with van der Waals surface area (Å²) >= 11 is 0. The SMILES string of the molecule is COc1ccc(C(=O)Oc2cccc(C(=O)O)c2F)cc1C12CC3CC(CC(C3)C1)C2. The molecule has 0 radical (unpaired) electrons. The average molecular weight is 424 g/mol. The van der Waals surface area contributed by atoms with E-state index >= 15 is 0 Å². The minimum atomic E-state index is -1.41. The van der Waals surface area contributed by atoms with Crippen LogP contribution >= 0.6 is 0 Å². The third kappa shape index (κ3) is 3.38. The molecule has 4 bridgehead atoms. The third-order valence-electron chi connectivity index (χ3n) is 7.44. The van der Waals surface area contributed by atoms with Crippen molar-refractivity contribution >= 4 is 11.9 Å². The Labute approximate surface area is 180 Å². The molecule has 0 heterocycles. The Balaban J connectivity index is 1.47. The zero-order chi connectivity index (χ0) is 21.8. The van der Waals surface area contributed by atoms with Crippen LogP contribution in [-0.4, -0.2) is 24.2 Å². The van der Waals surface area contributed by atoms with Gasteiger partial charge < -0.3 is 14.6 Å². The summed E-state index contributed by atoms with van der Waals surface area (Å²) in [5.41, 5.74) is 0.842. The van der Waals surface area contributed by atoms with E-state index in [0.29, 0.717) is 5.56 Å². The molecule has 0 aliphatic heterocycles. The van der Waals surface area contributed by atoms with Crippen LogP contribution in [0.2, 0.25) is 0 Å². The number of aromatic carboxylic acids is 1. The maximum Gasteiger partial charge on any atom is 0.343 e. The lowest BCUT2D eigenvalue weighted by molar-refractivity contribution is -0.00618. The standard InChI is InChI=1S/C25H25FO5/c1-30-20-6-5-17(24(29)31-21-4-2-3-18(22(21)26)23(27)28)10-19(20)25-11-14-7-15(12-25)9-16(8-14)13-25/h2-6,10,14-16H,7-9,11-13H2,1H3,(H,27,28). The molecule has 4 aliphatic carbocycles. The fourth-order valence-electron chi connectivity index (χ4n) is 6.60. The van der Waals surface area contributed by atoms with Gasteiger partial charge in [-0.1, -0.05) is 6.07 Å². The molecule has 0 amide bonds. The quantitative estimate of drug-likeness (QED) is 0.526. The second-order valence-corrected chi connectivity index (χ2v) is 9.43. The molecule has 2 aromatic rings. The van der Waals surface area contributed by atoms with E-state index in [9.17, 15) is 14.0 Å². The summed E-state index contributed by atoms with van der Waals surface area (Å²) in [6.45, 7) is 0. The maximum absolute atomic E-state index is 14.4. The number of carboxylic acid groups (broad SMARTS) is 1. The number of benzene rings is 2. The average Bonchev–Trinajstić information content (AvgIpc) is 2.73. The number of carbonyl (C=O) groups is 2. The van der Waals surface area contributed by atoms with Crippen LogP contribution in [0, 0.1) is 23.6 Å². The third-order valence-corrected chi connectivity index (χ3v) is 7.44. The Morgan fingerprint density at radius 3 is 2.23 bits per heavy atom. The van der Waals surface area contributed by atoms with Crippen molar-refractivity contribution in [1.29, 1.82) is 0 Å². The second kappa shape index (κ2) is 7.36. The van der Waals surface area contributed by atoms with E-state index in [-0.39, 0.29) is 5.41 Å². The molecule has 162 valence electrons. The van der Waals surface area contributed by atoms with Crippen LogP contribution in [0.25, 0.3) is 0 Å². The van der Waals surface area contributed by atoms with Crippen molar-refractivity contribution in [1.82, 2.24) is 0 Å². The second-order valence-electron chi connectivity index (χ2n) is 9.43. The zero-order valence-corrected chi connectivity index (χ0v) is 17.4. The number of methoxy groups -OCH3 is 1. The first-order chi connectivity index (χ1) is 14.9. The molecule has 5 nitrogen and oxygen atoms in total. The molecule has 0 unspecified atom stereocenters. The van der Waals surface area contributed by atoms with Gasteiger partial charge in [0.15, 0.2) is 11.6 Å². The lowest BCUT2D eigenvalue weighted by Crippen LogP contribution is -2.48. The highest BCUT2D eigenvalue weighted by Gasteiger charge is 2.52. The molecule has 4 saturated carbocycles. The monoisotopic (exact) mass is 424 g/mol. The van der Waals surface area contributed by atoms with Gasteiger partial charge in [-0.05, 0) is 92.0 Å². The Hall–Kier alpha value is -2.89. The van der Waals surface area contributed by atoms with Gasteiger partial charge in [-0.2, -0.15) is 0 Å². The number of rotatable bonds is 5. The van der Waals surface area contributed by atoms with Crippen molar-refractivity contribution in [2.24, 2.45) is 17.8 Å². The molecule has 31 heavy (non-hydrogen) atoms. The molecular formula is C25H25FO5. The van der Waals surface area contributed by atoms with Crippen molar-refractivity contribution in [3.8, 4) is 11.5 Å². The predicted molar refractivity (Wildman–Crippen MR) is 111 cm³/mol. The van der Waals surface area contributed by atoms with Crippen LogP contribution in [0.3, 0.4) is 0 Å². The van der Waals surface area contributed by atoms with Crippen LogP contribution in [-0.2, 0) is 5.41 Å². The van der Waals surface area contributed by atoms with Crippen molar-refractivity contribution in [2.45, 2.75) is 43.9 Å². The van der Waals surface area contributed by atoms with E-state index in [1.807, 2.05) is 6.07 Å². The molecule has 6 heteroatoms. The van der Waals surface area contributed by atoms with Crippen molar-refractivity contribution < 1.29 is 28.6 Å². The van der Waals surface area contributed by atoms with Gasteiger partial charge in [0.1, 0.15) is 5.75 Å². The molecule has 6 rings (SSSR count). The van der Waals surface area contributed by atoms with Gasteiger partial charge in [0.05, 0.1) is 18.2 Å². The molecule has 0 saturated heterocycles.